The number of aryl methyl sites for hydroxylation is 1. The molecule has 2 aliphatic heterocycles. The Morgan fingerprint density at radius 1 is 1.02 bits per heavy atom. The van der Waals surface area contributed by atoms with Gasteiger partial charge in [-0.15, -0.1) is 5.10 Å². The Hall–Kier alpha value is -4.28. The number of alkyl halides is 2. The maximum absolute atomic E-state index is 15.1. The molecule has 11 nitrogen and oxygen atoms in total. The highest BCUT2D eigenvalue weighted by Crippen LogP contribution is 2.36. The fourth-order valence-corrected chi connectivity index (χ4v) is 5.70. The Kier molecular flexibility index (Phi) is 8.51. The zero-order valence-corrected chi connectivity index (χ0v) is 24.6. The number of carbonyl (C=O) groups is 1. The highest BCUT2D eigenvalue weighted by Gasteiger charge is 2.35. The second-order valence-corrected chi connectivity index (χ2v) is 12.5. The molecule has 5 rings (SSSR count). The van der Waals surface area contributed by atoms with Crippen LogP contribution < -0.4 is 19.8 Å². The van der Waals surface area contributed by atoms with Crippen LogP contribution in [0.1, 0.15) is 36.0 Å². The predicted molar refractivity (Wildman–Crippen MR) is 154 cm³/mol. The third-order valence-corrected chi connectivity index (χ3v) is 7.98. The number of piperidine rings is 2. The summed E-state index contributed by atoms with van der Waals surface area (Å²) in [6.07, 6.45) is -0.0798. The standard InChI is InChI=1S/C27H29F5N8O3S/c1-38-15-21(35-37-38)17-3-4-23(33-25(17)40-11-7-27(31,32)8-12-40)34-26(41)18-13-19(28)20(36-44(2,42)43)14-22(18)39-9-5-16(6-10-39)24(29)30/h3-4,13-15,36H,5-12H2,1-2H3,(H,33,34,41). The van der Waals surface area contributed by atoms with Gasteiger partial charge in [0.15, 0.2) is 0 Å². The maximum Gasteiger partial charge on any atom is 0.269 e. The summed E-state index contributed by atoms with van der Waals surface area (Å²) in [7, 11) is -2.22. The molecule has 2 saturated heterocycles. The molecule has 2 aromatic heterocycles. The van der Waals surface area contributed by atoms with Gasteiger partial charge in [-0.3, -0.25) is 14.2 Å². The maximum atomic E-state index is 15.1. The number of rotatable bonds is 7. The Morgan fingerprint density at radius 3 is 2.30 bits per heavy atom. The van der Waals surface area contributed by atoms with Crippen molar-refractivity contribution in [3.8, 4) is 11.3 Å². The largest absolute Gasteiger partial charge is 0.370 e. The molecule has 2 N–H and O–H groups in total. The average molecular weight is 641 g/mol. The summed E-state index contributed by atoms with van der Waals surface area (Å²) in [6, 6.07) is 5.09. The zero-order chi connectivity index (χ0) is 31.8. The molecule has 2 fully saturated rings. The molecular weight excluding hydrogens is 611 g/mol. The molecule has 0 atom stereocenters. The van der Waals surface area contributed by atoms with Crippen LogP contribution in [0.25, 0.3) is 11.3 Å². The van der Waals surface area contributed by atoms with Crippen molar-refractivity contribution in [2.45, 2.75) is 31.6 Å². The van der Waals surface area contributed by atoms with Gasteiger partial charge in [-0.2, -0.15) is 8.78 Å². The van der Waals surface area contributed by atoms with Crippen molar-refractivity contribution in [1.82, 2.24) is 20.0 Å². The summed E-state index contributed by atoms with van der Waals surface area (Å²) in [4.78, 5) is 21.4. The van der Waals surface area contributed by atoms with Gasteiger partial charge in [0.2, 0.25) is 10.0 Å². The molecule has 44 heavy (non-hydrogen) atoms. The molecule has 1 aromatic carbocycles. The first-order chi connectivity index (χ1) is 20.7. The van der Waals surface area contributed by atoms with Crippen LogP contribution in [0.3, 0.4) is 0 Å². The number of hydrogen-bond acceptors (Lipinski definition) is 8. The molecule has 0 saturated carbocycles. The van der Waals surface area contributed by atoms with Crippen molar-refractivity contribution in [2.24, 2.45) is 7.05 Å². The van der Waals surface area contributed by atoms with Crippen molar-refractivity contribution in [3.63, 3.8) is 0 Å². The van der Waals surface area contributed by atoms with Crippen LogP contribution in [0.15, 0.2) is 42.1 Å². The van der Waals surface area contributed by atoms with E-state index in [0.717, 1.165) is 18.4 Å². The van der Waals surface area contributed by atoms with E-state index in [9.17, 15) is 30.8 Å². The molecule has 0 bridgehead atoms. The number of aromatic nitrogens is 4. The van der Waals surface area contributed by atoms with Gasteiger partial charge in [0, 0.05) is 51.6 Å². The van der Waals surface area contributed by atoms with E-state index in [4.69, 9.17) is 0 Å². The molecule has 17 heteroatoms. The summed E-state index contributed by atoms with van der Waals surface area (Å²) in [5, 5.41) is 10.6. The van der Waals surface area contributed by atoms with Crippen LogP contribution >= 0.6 is 0 Å². The Labute approximate surface area is 249 Å². The van der Waals surface area contributed by atoms with E-state index in [1.807, 2.05) is 0 Å². The second-order valence-electron chi connectivity index (χ2n) is 10.7. The Bertz CT molecular complexity index is 1710. The van der Waals surface area contributed by atoms with Crippen molar-refractivity contribution >= 4 is 38.9 Å². The van der Waals surface area contributed by atoms with Crippen molar-refractivity contribution in [3.05, 3.63) is 53.5 Å². The fraction of sp³-hybridized carbons (Fsp3) is 0.407. The number of benzene rings is 1. The summed E-state index contributed by atoms with van der Waals surface area (Å²) < 4.78 is 96.4. The number of nitrogens with one attached hydrogen (secondary N) is 2. The van der Waals surface area contributed by atoms with Crippen molar-refractivity contribution in [2.75, 3.05) is 52.3 Å². The molecular formula is C27H29F5N8O3S. The molecule has 2 aliphatic rings. The smallest absolute Gasteiger partial charge is 0.269 e. The lowest BCUT2D eigenvalue weighted by Gasteiger charge is -2.33. The summed E-state index contributed by atoms with van der Waals surface area (Å²) in [5.41, 5.74) is 0.442. The van der Waals surface area contributed by atoms with Gasteiger partial charge < -0.3 is 15.1 Å². The predicted octanol–water partition coefficient (Wildman–Crippen LogP) is 4.63. The highest BCUT2D eigenvalue weighted by atomic mass is 32.2. The summed E-state index contributed by atoms with van der Waals surface area (Å²) in [6.45, 7) is 0.150. The topological polar surface area (TPSA) is 125 Å². The van der Waals surface area contributed by atoms with E-state index >= 15 is 4.39 Å². The Balaban J connectivity index is 1.49. The normalized spacial score (nSPS) is 17.0. The van der Waals surface area contributed by atoms with E-state index in [-0.39, 0.29) is 74.5 Å². The third-order valence-electron chi connectivity index (χ3n) is 7.39. The number of hydrogen-bond donors (Lipinski definition) is 2. The van der Waals surface area contributed by atoms with E-state index in [0.29, 0.717) is 17.1 Å². The van der Waals surface area contributed by atoms with Crippen LogP contribution in [0.4, 0.5) is 45.0 Å². The van der Waals surface area contributed by atoms with Gasteiger partial charge in [-0.25, -0.2) is 26.6 Å². The van der Waals surface area contributed by atoms with Gasteiger partial charge in [-0.1, -0.05) is 5.21 Å². The monoisotopic (exact) mass is 640 g/mol. The number of nitrogens with zero attached hydrogens (tertiary/aromatic N) is 6. The zero-order valence-electron chi connectivity index (χ0n) is 23.7. The molecule has 4 heterocycles. The van der Waals surface area contributed by atoms with Crippen molar-refractivity contribution < 1.29 is 35.2 Å². The fourth-order valence-electron chi connectivity index (χ4n) is 5.15. The summed E-state index contributed by atoms with van der Waals surface area (Å²) in [5.74, 6) is -4.32. The van der Waals surface area contributed by atoms with Gasteiger partial charge in [-0.05, 0) is 42.7 Å². The number of amides is 1. The Morgan fingerprint density at radius 2 is 1.70 bits per heavy atom. The molecule has 1 amide bonds. The SMILES string of the molecule is Cn1cc(-c2ccc(NC(=O)c3cc(F)c(NS(C)(=O)=O)cc3N3CCC(=C(F)F)CC3)nc2N2CCC(F)(F)CC2)nn1. The van der Waals surface area contributed by atoms with Crippen molar-refractivity contribution in [1.29, 1.82) is 0 Å². The first-order valence-electron chi connectivity index (χ1n) is 13.6. The van der Waals surface area contributed by atoms with Gasteiger partial charge in [0.25, 0.3) is 17.9 Å². The number of pyridine rings is 1. The quantitative estimate of drug-likeness (QED) is 0.359. The lowest BCUT2D eigenvalue weighted by molar-refractivity contribution is -0.0221. The number of carbonyl (C=O) groups excluding carboxylic acids is 1. The molecule has 0 unspecified atom stereocenters. The van der Waals surface area contributed by atoms with E-state index in [1.54, 1.807) is 29.1 Å². The number of halogens is 5. The molecule has 3 aromatic rings. The number of anilines is 4. The van der Waals surface area contributed by atoms with Crippen LogP contribution in [0.5, 0.6) is 0 Å². The minimum absolute atomic E-state index is 0.000309. The third kappa shape index (κ3) is 7.09. The van der Waals surface area contributed by atoms with Gasteiger partial charge >= 0.3 is 0 Å². The first-order valence-corrected chi connectivity index (χ1v) is 15.5. The lowest BCUT2D eigenvalue weighted by atomic mass is 10.0. The molecule has 0 aliphatic carbocycles. The van der Waals surface area contributed by atoms with Crippen LogP contribution in [-0.4, -0.2) is 72.7 Å². The molecule has 0 radical (unpaired) electrons. The minimum atomic E-state index is -3.89. The summed E-state index contributed by atoms with van der Waals surface area (Å²) >= 11 is 0. The lowest BCUT2D eigenvalue weighted by Crippen LogP contribution is -2.40. The first kappa shape index (κ1) is 31.2. The number of sulfonamides is 1. The minimum Gasteiger partial charge on any atom is -0.370 e. The van der Waals surface area contributed by atoms with Crippen LogP contribution in [0.2, 0.25) is 0 Å². The van der Waals surface area contributed by atoms with E-state index in [1.165, 1.54) is 10.7 Å². The molecule has 0 spiro atoms. The average Bonchev–Trinajstić information content (AvgIpc) is 3.39. The van der Waals surface area contributed by atoms with E-state index in [2.05, 4.69) is 25.3 Å². The van der Waals surface area contributed by atoms with Gasteiger partial charge in [0.1, 0.15) is 23.1 Å². The highest BCUT2D eigenvalue weighted by molar-refractivity contribution is 7.92. The van der Waals surface area contributed by atoms with Crippen LogP contribution in [-0.2, 0) is 17.1 Å². The second kappa shape index (κ2) is 12.0. The van der Waals surface area contributed by atoms with Gasteiger partial charge in [0.05, 0.1) is 29.4 Å². The van der Waals surface area contributed by atoms with Crippen LogP contribution in [0, 0.1) is 5.82 Å². The molecule has 236 valence electrons. The van der Waals surface area contributed by atoms with E-state index < -0.39 is 39.4 Å².